The summed E-state index contributed by atoms with van der Waals surface area (Å²) in [6, 6.07) is 0.480. The summed E-state index contributed by atoms with van der Waals surface area (Å²) in [5.41, 5.74) is 9.80. The smallest absolute Gasteiger partial charge is 0.252 e. The molecule has 6 rings (SSSR count). The van der Waals surface area contributed by atoms with Gasteiger partial charge in [0.15, 0.2) is 0 Å². The Kier molecular flexibility index (Phi) is 2.92. The summed E-state index contributed by atoms with van der Waals surface area (Å²) < 4.78 is 0. The first-order valence-electron chi connectivity index (χ1n) is 9.27. The number of aromatic nitrogens is 1. The van der Waals surface area contributed by atoms with Gasteiger partial charge in [0.1, 0.15) is 0 Å². The molecule has 1 heterocycles. The summed E-state index contributed by atoms with van der Waals surface area (Å²) in [7, 11) is 0. The second-order valence-electron chi connectivity index (χ2n) is 8.83. The average Bonchev–Trinajstić information content (AvgIpc) is 2.97. The number of primary amides is 1. The van der Waals surface area contributed by atoms with Gasteiger partial charge < -0.3 is 11.1 Å². The molecule has 0 aromatic carbocycles. The Morgan fingerprint density at radius 1 is 1.29 bits per heavy atom. The SMILES string of the molecule is CC12CC3C[C@H](C1)C(Nc1c(C(N)=O)cnc4c1C=CC4)[C@@H](C3)C2. The van der Waals surface area contributed by atoms with E-state index in [4.69, 9.17) is 5.73 Å². The van der Waals surface area contributed by atoms with E-state index in [9.17, 15) is 4.79 Å². The third-order valence-electron chi connectivity index (χ3n) is 6.95. The zero-order valence-electron chi connectivity index (χ0n) is 14.2. The van der Waals surface area contributed by atoms with Gasteiger partial charge >= 0.3 is 0 Å². The van der Waals surface area contributed by atoms with Crippen molar-refractivity contribution in [3.05, 3.63) is 29.1 Å². The highest BCUT2D eigenvalue weighted by Gasteiger charge is 2.53. The number of pyridine rings is 1. The van der Waals surface area contributed by atoms with Crippen LogP contribution in [0, 0.1) is 23.2 Å². The van der Waals surface area contributed by atoms with Crippen molar-refractivity contribution < 1.29 is 4.79 Å². The van der Waals surface area contributed by atoms with Crippen molar-refractivity contribution in [2.45, 2.75) is 51.5 Å². The van der Waals surface area contributed by atoms with E-state index < -0.39 is 0 Å². The Hall–Kier alpha value is -1.84. The topological polar surface area (TPSA) is 68.0 Å². The highest BCUT2D eigenvalue weighted by Crippen LogP contribution is 2.60. The fraction of sp³-hybridized carbons (Fsp3) is 0.600. The third-order valence-corrected chi connectivity index (χ3v) is 6.95. The lowest BCUT2D eigenvalue weighted by molar-refractivity contribution is -0.0505. The van der Waals surface area contributed by atoms with E-state index in [1.54, 1.807) is 6.20 Å². The molecule has 1 aromatic heterocycles. The normalized spacial score (nSPS) is 38.4. The second-order valence-corrected chi connectivity index (χ2v) is 8.83. The van der Waals surface area contributed by atoms with E-state index in [0.29, 0.717) is 17.0 Å². The number of amides is 1. The molecule has 4 saturated carbocycles. The van der Waals surface area contributed by atoms with Crippen molar-refractivity contribution >= 4 is 17.7 Å². The van der Waals surface area contributed by atoms with Gasteiger partial charge in [-0.15, -0.1) is 0 Å². The van der Waals surface area contributed by atoms with Crippen molar-refractivity contribution in [1.29, 1.82) is 0 Å². The minimum Gasteiger partial charge on any atom is -0.381 e. The number of carbonyl (C=O) groups excluding carboxylic acids is 1. The number of nitrogens with one attached hydrogen (secondary N) is 1. The summed E-state index contributed by atoms with van der Waals surface area (Å²) in [5, 5.41) is 3.80. The monoisotopic (exact) mass is 323 g/mol. The van der Waals surface area contributed by atoms with Crippen LogP contribution in [0.3, 0.4) is 0 Å². The lowest BCUT2D eigenvalue weighted by Gasteiger charge is -2.59. The van der Waals surface area contributed by atoms with Crippen LogP contribution in [0.5, 0.6) is 0 Å². The Labute approximate surface area is 142 Å². The van der Waals surface area contributed by atoms with E-state index >= 15 is 0 Å². The van der Waals surface area contributed by atoms with Gasteiger partial charge in [0.25, 0.3) is 5.91 Å². The number of nitrogens with two attached hydrogens (primary N) is 1. The number of rotatable bonds is 3. The van der Waals surface area contributed by atoms with Gasteiger partial charge in [-0.2, -0.15) is 0 Å². The van der Waals surface area contributed by atoms with E-state index in [-0.39, 0.29) is 5.91 Å². The van der Waals surface area contributed by atoms with Crippen LogP contribution in [0.15, 0.2) is 12.3 Å². The molecule has 4 heteroatoms. The molecule has 0 aliphatic heterocycles. The second kappa shape index (κ2) is 4.84. The molecule has 5 aliphatic rings. The van der Waals surface area contributed by atoms with E-state index in [0.717, 1.165) is 41.1 Å². The predicted molar refractivity (Wildman–Crippen MR) is 94.6 cm³/mol. The molecule has 0 spiro atoms. The van der Waals surface area contributed by atoms with Crippen molar-refractivity contribution in [2.75, 3.05) is 5.32 Å². The molecule has 4 bridgehead atoms. The van der Waals surface area contributed by atoms with Gasteiger partial charge in [-0.1, -0.05) is 19.1 Å². The van der Waals surface area contributed by atoms with Crippen molar-refractivity contribution in [1.82, 2.24) is 4.98 Å². The summed E-state index contributed by atoms with van der Waals surface area (Å²) in [4.78, 5) is 16.4. The minimum atomic E-state index is -0.385. The number of allylic oxidation sites excluding steroid dienone is 1. The number of nitrogens with zero attached hydrogens (tertiary/aromatic N) is 1. The molecular weight excluding hydrogens is 298 g/mol. The van der Waals surface area contributed by atoms with Crippen LogP contribution in [0.25, 0.3) is 6.08 Å². The first-order valence-corrected chi connectivity index (χ1v) is 9.27. The lowest BCUT2D eigenvalue weighted by Crippen LogP contribution is -2.55. The predicted octanol–water partition coefficient (Wildman–Crippen LogP) is 3.38. The van der Waals surface area contributed by atoms with Gasteiger partial charge in [-0.25, -0.2) is 0 Å². The van der Waals surface area contributed by atoms with Crippen LogP contribution >= 0.6 is 0 Å². The van der Waals surface area contributed by atoms with Crippen molar-refractivity contribution in [3.8, 4) is 0 Å². The third kappa shape index (κ3) is 2.04. The van der Waals surface area contributed by atoms with Crippen LogP contribution in [-0.4, -0.2) is 16.9 Å². The van der Waals surface area contributed by atoms with E-state index in [1.807, 2.05) is 0 Å². The quantitative estimate of drug-likeness (QED) is 0.896. The van der Waals surface area contributed by atoms with Gasteiger partial charge in [0.2, 0.25) is 0 Å². The molecule has 24 heavy (non-hydrogen) atoms. The summed E-state index contributed by atoms with van der Waals surface area (Å²) in [5.74, 6) is 2.00. The van der Waals surface area contributed by atoms with Crippen LogP contribution < -0.4 is 11.1 Å². The van der Waals surface area contributed by atoms with Crippen LogP contribution in [0.1, 0.15) is 60.6 Å². The van der Waals surface area contributed by atoms with E-state index in [2.05, 4.69) is 29.4 Å². The zero-order chi connectivity index (χ0) is 16.5. The molecule has 4 nitrogen and oxygen atoms in total. The molecule has 3 N–H and O–H groups in total. The number of hydrogen-bond donors (Lipinski definition) is 2. The molecule has 0 radical (unpaired) electrons. The molecular formula is C20H25N3O. The highest BCUT2D eigenvalue weighted by atomic mass is 16.1. The first-order chi connectivity index (χ1) is 11.5. The summed E-state index contributed by atoms with van der Waals surface area (Å²) in [6.07, 6.45) is 13.5. The number of hydrogen-bond acceptors (Lipinski definition) is 3. The maximum Gasteiger partial charge on any atom is 0.252 e. The van der Waals surface area contributed by atoms with Crippen LogP contribution in [0.4, 0.5) is 5.69 Å². The molecule has 1 amide bonds. The fourth-order valence-electron chi connectivity index (χ4n) is 6.37. The lowest BCUT2D eigenvalue weighted by atomic mass is 9.48. The zero-order valence-corrected chi connectivity index (χ0v) is 14.2. The largest absolute Gasteiger partial charge is 0.381 e. The Bertz CT molecular complexity index is 737. The van der Waals surface area contributed by atoms with Crippen LogP contribution in [0.2, 0.25) is 0 Å². The van der Waals surface area contributed by atoms with Crippen molar-refractivity contribution in [2.24, 2.45) is 28.9 Å². The number of anilines is 1. The minimum absolute atomic E-state index is 0.385. The van der Waals surface area contributed by atoms with Crippen LogP contribution in [-0.2, 0) is 6.42 Å². The van der Waals surface area contributed by atoms with E-state index in [1.165, 1.54) is 32.1 Å². The molecule has 0 saturated heterocycles. The van der Waals surface area contributed by atoms with Gasteiger partial charge in [0, 0.05) is 24.2 Å². The molecule has 5 atom stereocenters. The number of fused-ring (bicyclic) bond motifs is 1. The maximum absolute atomic E-state index is 11.9. The first kappa shape index (κ1) is 14.5. The van der Waals surface area contributed by atoms with Gasteiger partial charge in [-0.05, 0) is 55.3 Å². The number of carbonyl (C=O) groups is 1. The van der Waals surface area contributed by atoms with Gasteiger partial charge in [-0.3, -0.25) is 9.78 Å². The summed E-state index contributed by atoms with van der Waals surface area (Å²) >= 11 is 0. The Balaban J connectivity index is 1.52. The molecule has 1 aromatic rings. The Morgan fingerprint density at radius 3 is 2.71 bits per heavy atom. The van der Waals surface area contributed by atoms with Crippen molar-refractivity contribution in [3.63, 3.8) is 0 Å². The maximum atomic E-state index is 11.9. The average molecular weight is 323 g/mol. The standard InChI is InChI=1S/C20H25N3O/c1-20-7-11-5-12(8-20)17(13(6-11)9-20)23-18-14-3-2-4-16(14)22-10-15(18)19(21)24/h2-3,10-13,17H,4-9H2,1H3,(H2,21,24)(H,22,23)/t11?,12-,13+,17?,20?. The molecule has 126 valence electrons. The summed E-state index contributed by atoms with van der Waals surface area (Å²) in [6.45, 7) is 2.48. The van der Waals surface area contributed by atoms with Gasteiger partial charge in [0.05, 0.1) is 16.9 Å². The fourth-order valence-corrected chi connectivity index (χ4v) is 6.37. The molecule has 3 unspecified atom stereocenters. The molecule has 5 aliphatic carbocycles. The highest BCUT2D eigenvalue weighted by molar-refractivity contribution is 6.00. The Morgan fingerprint density at radius 2 is 2.04 bits per heavy atom. The molecule has 4 fully saturated rings.